The molecule has 0 fully saturated rings. The van der Waals surface area contributed by atoms with Crippen LogP contribution in [0.1, 0.15) is 17.5 Å². The number of aliphatic hydroxyl groups excluding tert-OH is 2. The number of aliphatic hydroxyl groups is 2. The predicted molar refractivity (Wildman–Crippen MR) is 103 cm³/mol. The highest BCUT2D eigenvalue weighted by Crippen LogP contribution is 2.35. The predicted octanol–water partition coefficient (Wildman–Crippen LogP) is 2.47. The lowest BCUT2D eigenvalue weighted by atomic mass is 10.0. The van der Waals surface area contributed by atoms with Crippen LogP contribution in [0.3, 0.4) is 0 Å². The molecular formula is C20H19N3O4. The number of aromatic nitrogens is 1. The topological polar surface area (TPSA) is 110 Å². The lowest BCUT2D eigenvalue weighted by Gasteiger charge is -2.07. The number of aromatic hydroxyl groups is 1. The molecule has 7 heteroatoms. The number of hydrogen-bond acceptors (Lipinski definition) is 6. The monoisotopic (exact) mass is 365 g/mol. The number of H-pyrrole nitrogens is 1. The molecule has 0 amide bonds. The van der Waals surface area contributed by atoms with Crippen LogP contribution in [0.2, 0.25) is 0 Å². The van der Waals surface area contributed by atoms with E-state index in [-0.39, 0.29) is 25.5 Å². The first-order valence-corrected chi connectivity index (χ1v) is 8.66. The minimum atomic E-state index is -0.841. The standard InChI is InChI=1S/C20H19N3O4/c24-11-12(25)9-10-27-23-18-14-6-2-4-8-16(14)21-19(18)17-13-5-1-3-7-15(13)22-20(17)26/h1-8,12,22,24-26H,9-11H2/b23-18+/t12-/m0/s1. The number of para-hydroxylation sites is 2. The second-order valence-electron chi connectivity index (χ2n) is 6.27. The SMILES string of the molecule is OC[C@@H](O)CCO/N=C1/C(c2c(O)[nH]c3ccccc23)=Nc2ccccc21. The van der Waals surface area contributed by atoms with Crippen molar-refractivity contribution in [2.45, 2.75) is 12.5 Å². The second kappa shape index (κ2) is 7.22. The highest BCUT2D eigenvalue weighted by molar-refractivity contribution is 6.58. The Morgan fingerprint density at radius 1 is 1.11 bits per heavy atom. The Morgan fingerprint density at radius 2 is 1.89 bits per heavy atom. The van der Waals surface area contributed by atoms with Crippen LogP contribution >= 0.6 is 0 Å². The van der Waals surface area contributed by atoms with Gasteiger partial charge in [0.1, 0.15) is 18.0 Å². The first-order chi connectivity index (χ1) is 13.2. The van der Waals surface area contributed by atoms with E-state index in [0.717, 1.165) is 22.2 Å². The van der Waals surface area contributed by atoms with Crippen molar-refractivity contribution >= 4 is 28.0 Å². The smallest absolute Gasteiger partial charge is 0.199 e. The summed E-state index contributed by atoms with van der Waals surface area (Å²) in [5.74, 6) is 0.0196. The fourth-order valence-electron chi connectivity index (χ4n) is 3.10. The Kier molecular flexibility index (Phi) is 4.62. The molecule has 138 valence electrons. The van der Waals surface area contributed by atoms with Crippen molar-refractivity contribution in [2.24, 2.45) is 10.1 Å². The van der Waals surface area contributed by atoms with Gasteiger partial charge in [0.2, 0.25) is 0 Å². The number of aromatic amines is 1. The largest absolute Gasteiger partial charge is 0.494 e. The zero-order chi connectivity index (χ0) is 18.8. The molecule has 7 nitrogen and oxygen atoms in total. The Balaban J connectivity index is 1.73. The molecular weight excluding hydrogens is 346 g/mol. The molecule has 2 aromatic carbocycles. The Morgan fingerprint density at radius 3 is 2.74 bits per heavy atom. The van der Waals surface area contributed by atoms with E-state index in [2.05, 4.69) is 15.1 Å². The summed E-state index contributed by atoms with van der Waals surface area (Å²) in [6.07, 6.45) is -0.577. The third-order valence-electron chi connectivity index (χ3n) is 4.45. The van der Waals surface area contributed by atoms with Crippen molar-refractivity contribution in [3.63, 3.8) is 0 Å². The third kappa shape index (κ3) is 3.18. The van der Waals surface area contributed by atoms with Crippen LogP contribution in [0, 0.1) is 0 Å². The van der Waals surface area contributed by atoms with E-state index in [1.807, 2.05) is 48.5 Å². The summed E-state index contributed by atoms with van der Waals surface area (Å²) >= 11 is 0. The minimum Gasteiger partial charge on any atom is -0.494 e. The van der Waals surface area contributed by atoms with Gasteiger partial charge in [-0.1, -0.05) is 41.6 Å². The third-order valence-corrected chi connectivity index (χ3v) is 4.45. The molecule has 1 aliphatic heterocycles. The summed E-state index contributed by atoms with van der Waals surface area (Å²) in [6, 6.07) is 15.1. The van der Waals surface area contributed by atoms with Crippen molar-refractivity contribution in [1.82, 2.24) is 4.98 Å². The average Bonchev–Trinajstić information content (AvgIpc) is 3.21. The number of aliphatic imine (C=N–C) groups is 1. The molecule has 0 saturated carbocycles. The van der Waals surface area contributed by atoms with Gasteiger partial charge in [-0.3, -0.25) is 0 Å². The van der Waals surface area contributed by atoms with Crippen molar-refractivity contribution in [2.75, 3.05) is 13.2 Å². The maximum Gasteiger partial charge on any atom is 0.199 e. The van der Waals surface area contributed by atoms with Crippen LogP contribution in [0.25, 0.3) is 10.9 Å². The maximum atomic E-state index is 10.5. The Bertz CT molecular complexity index is 1040. The van der Waals surface area contributed by atoms with E-state index < -0.39 is 6.10 Å². The normalized spacial score (nSPS) is 15.8. The van der Waals surface area contributed by atoms with Crippen LogP contribution in [-0.4, -0.2) is 51.0 Å². The number of benzene rings is 2. The molecule has 1 aliphatic rings. The number of nitrogens with one attached hydrogen (secondary N) is 1. The summed E-state index contributed by atoms with van der Waals surface area (Å²) < 4.78 is 0. The lowest BCUT2D eigenvalue weighted by molar-refractivity contribution is 0.0507. The summed E-state index contributed by atoms with van der Waals surface area (Å²) in [4.78, 5) is 13.0. The van der Waals surface area contributed by atoms with Crippen LogP contribution in [-0.2, 0) is 4.84 Å². The van der Waals surface area contributed by atoms with Crippen molar-refractivity contribution < 1.29 is 20.2 Å². The van der Waals surface area contributed by atoms with E-state index in [1.165, 1.54) is 0 Å². The van der Waals surface area contributed by atoms with Gasteiger partial charge in [-0.25, -0.2) is 4.99 Å². The number of rotatable bonds is 6. The van der Waals surface area contributed by atoms with Gasteiger partial charge in [-0.15, -0.1) is 0 Å². The summed E-state index contributed by atoms with van der Waals surface area (Å²) in [7, 11) is 0. The summed E-state index contributed by atoms with van der Waals surface area (Å²) in [5.41, 5.74) is 3.96. The maximum absolute atomic E-state index is 10.5. The van der Waals surface area contributed by atoms with E-state index >= 15 is 0 Å². The van der Waals surface area contributed by atoms with Gasteiger partial charge < -0.3 is 25.1 Å². The Hall–Kier alpha value is -3.16. The van der Waals surface area contributed by atoms with E-state index in [1.54, 1.807) is 0 Å². The van der Waals surface area contributed by atoms with Gasteiger partial charge in [-0.05, 0) is 12.1 Å². The lowest BCUT2D eigenvalue weighted by Crippen LogP contribution is -2.16. The Labute approximate surface area is 155 Å². The number of hydrogen-bond donors (Lipinski definition) is 4. The molecule has 0 bridgehead atoms. The van der Waals surface area contributed by atoms with E-state index in [9.17, 15) is 10.2 Å². The van der Waals surface area contributed by atoms with Crippen LogP contribution in [0.5, 0.6) is 5.88 Å². The van der Waals surface area contributed by atoms with Gasteiger partial charge in [-0.2, -0.15) is 0 Å². The molecule has 0 aliphatic carbocycles. The number of oxime groups is 1. The first-order valence-electron chi connectivity index (χ1n) is 8.66. The average molecular weight is 365 g/mol. The molecule has 0 saturated heterocycles. The zero-order valence-electron chi connectivity index (χ0n) is 14.5. The zero-order valence-corrected chi connectivity index (χ0v) is 14.5. The molecule has 27 heavy (non-hydrogen) atoms. The molecule has 1 aromatic heterocycles. The fourth-order valence-corrected chi connectivity index (χ4v) is 3.10. The van der Waals surface area contributed by atoms with Gasteiger partial charge >= 0.3 is 0 Å². The van der Waals surface area contributed by atoms with Crippen molar-refractivity contribution in [3.05, 3.63) is 59.7 Å². The summed E-state index contributed by atoms with van der Waals surface area (Å²) in [6.45, 7) is -0.167. The summed E-state index contributed by atoms with van der Waals surface area (Å²) in [5, 5.41) is 33.8. The first kappa shape index (κ1) is 17.3. The highest BCUT2D eigenvalue weighted by Gasteiger charge is 2.29. The van der Waals surface area contributed by atoms with Gasteiger partial charge in [0.15, 0.2) is 5.88 Å². The molecule has 3 aromatic rings. The fraction of sp³-hybridized carbons (Fsp3) is 0.200. The van der Waals surface area contributed by atoms with Gasteiger partial charge in [0.25, 0.3) is 0 Å². The van der Waals surface area contributed by atoms with Crippen molar-refractivity contribution in [1.29, 1.82) is 0 Å². The molecule has 4 N–H and O–H groups in total. The second-order valence-corrected chi connectivity index (χ2v) is 6.27. The van der Waals surface area contributed by atoms with Crippen molar-refractivity contribution in [3.8, 4) is 5.88 Å². The molecule has 0 radical (unpaired) electrons. The molecule has 0 unspecified atom stereocenters. The highest BCUT2D eigenvalue weighted by atomic mass is 16.6. The molecule has 1 atom stereocenters. The van der Waals surface area contributed by atoms with Crippen LogP contribution < -0.4 is 0 Å². The van der Waals surface area contributed by atoms with Gasteiger partial charge in [0, 0.05) is 22.9 Å². The molecule has 0 spiro atoms. The number of fused-ring (bicyclic) bond motifs is 2. The minimum absolute atomic E-state index is 0.0196. The quantitative estimate of drug-likeness (QED) is 0.397. The van der Waals surface area contributed by atoms with Crippen LogP contribution in [0.4, 0.5) is 5.69 Å². The van der Waals surface area contributed by atoms with Gasteiger partial charge in [0.05, 0.1) is 24.0 Å². The van der Waals surface area contributed by atoms with Crippen LogP contribution in [0.15, 0.2) is 58.7 Å². The van der Waals surface area contributed by atoms with E-state index in [4.69, 9.17) is 9.94 Å². The van der Waals surface area contributed by atoms with E-state index in [0.29, 0.717) is 17.0 Å². The number of nitrogens with zero attached hydrogens (tertiary/aromatic N) is 2. The molecule has 2 heterocycles. The molecule has 4 rings (SSSR count).